The minimum absolute atomic E-state index is 0.159. The lowest BCUT2D eigenvalue weighted by molar-refractivity contribution is 0.0599. The van der Waals surface area contributed by atoms with Crippen LogP contribution in [0.15, 0.2) is 41.8 Å². The standard InChI is InChI=1S/C16H16N6O2/c23-14-9-11(20-16-19-6-8-22(14)16)13-3-1-2-7-21(13)15(24)12-10-17-4-5-18-12/h4-6,8-10,13H,1-3,7H2,(H,19,20)/t13-/m0/s1. The van der Waals surface area contributed by atoms with Gasteiger partial charge in [0.2, 0.25) is 5.78 Å². The number of likely N-dealkylation sites (tertiary alicyclic amines) is 1. The molecular weight excluding hydrogens is 308 g/mol. The van der Waals surface area contributed by atoms with Gasteiger partial charge in [-0.2, -0.15) is 0 Å². The van der Waals surface area contributed by atoms with Crippen LogP contribution in [-0.2, 0) is 0 Å². The monoisotopic (exact) mass is 324 g/mol. The number of nitrogens with one attached hydrogen (secondary N) is 1. The van der Waals surface area contributed by atoms with Gasteiger partial charge in [0.25, 0.3) is 11.5 Å². The lowest BCUT2D eigenvalue weighted by atomic mass is 9.98. The summed E-state index contributed by atoms with van der Waals surface area (Å²) in [6.45, 7) is 0.627. The first-order valence-corrected chi connectivity index (χ1v) is 7.87. The van der Waals surface area contributed by atoms with Crippen molar-refractivity contribution >= 4 is 11.7 Å². The highest BCUT2D eigenvalue weighted by atomic mass is 16.2. The highest BCUT2D eigenvalue weighted by Gasteiger charge is 2.30. The van der Waals surface area contributed by atoms with E-state index in [2.05, 4.69) is 19.9 Å². The number of nitrogens with zero attached hydrogens (tertiary/aromatic N) is 5. The summed E-state index contributed by atoms with van der Waals surface area (Å²) < 4.78 is 1.45. The van der Waals surface area contributed by atoms with Gasteiger partial charge in [0.1, 0.15) is 5.69 Å². The third-order valence-corrected chi connectivity index (χ3v) is 4.32. The molecular formula is C16H16N6O2. The summed E-state index contributed by atoms with van der Waals surface area (Å²) >= 11 is 0. The van der Waals surface area contributed by atoms with Gasteiger partial charge in [-0.25, -0.2) is 9.97 Å². The molecule has 122 valence electrons. The Kier molecular flexibility index (Phi) is 3.56. The number of carbonyl (C=O) groups excluding carboxylic acids is 1. The lowest BCUT2D eigenvalue weighted by Crippen LogP contribution is -2.39. The van der Waals surface area contributed by atoms with Crippen molar-refractivity contribution in [2.45, 2.75) is 25.3 Å². The molecule has 0 saturated carbocycles. The molecule has 4 rings (SSSR count). The second kappa shape index (κ2) is 5.88. The Labute approximate surface area is 137 Å². The van der Waals surface area contributed by atoms with Crippen LogP contribution in [0.25, 0.3) is 5.78 Å². The summed E-state index contributed by atoms with van der Waals surface area (Å²) in [6, 6.07) is 1.35. The Hall–Kier alpha value is -3.03. The average Bonchev–Trinajstić information content (AvgIpc) is 3.11. The van der Waals surface area contributed by atoms with Crippen molar-refractivity contribution in [3.05, 3.63) is 58.8 Å². The number of hydrogen-bond donors (Lipinski definition) is 1. The highest BCUT2D eigenvalue weighted by Crippen LogP contribution is 2.30. The number of H-pyrrole nitrogens is 1. The summed E-state index contributed by atoms with van der Waals surface area (Å²) in [4.78, 5) is 42.2. The fraction of sp³-hybridized carbons (Fsp3) is 0.312. The van der Waals surface area contributed by atoms with E-state index in [9.17, 15) is 9.59 Å². The molecule has 0 radical (unpaired) electrons. The van der Waals surface area contributed by atoms with Crippen molar-refractivity contribution in [2.75, 3.05) is 6.54 Å². The maximum Gasteiger partial charge on any atom is 0.274 e. The van der Waals surface area contributed by atoms with E-state index in [1.54, 1.807) is 23.4 Å². The largest absolute Gasteiger partial charge is 0.329 e. The van der Waals surface area contributed by atoms with Crippen LogP contribution in [0.5, 0.6) is 0 Å². The van der Waals surface area contributed by atoms with Gasteiger partial charge in [-0.05, 0) is 19.3 Å². The molecule has 1 N–H and O–H groups in total. The van der Waals surface area contributed by atoms with Crippen molar-refractivity contribution in [2.24, 2.45) is 0 Å². The lowest BCUT2D eigenvalue weighted by Gasteiger charge is -2.35. The molecule has 4 heterocycles. The van der Waals surface area contributed by atoms with E-state index in [0.29, 0.717) is 23.7 Å². The first kappa shape index (κ1) is 14.6. The Balaban J connectivity index is 1.73. The van der Waals surface area contributed by atoms with Gasteiger partial charge in [-0.3, -0.25) is 19.0 Å². The Morgan fingerprint density at radius 3 is 2.96 bits per heavy atom. The fourth-order valence-electron chi connectivity index (χ4n) is 3.18. The van der Waals surface area contributed by atoms with Gasteiger partial charge in [-0.1, -0.05) is 0 Å². The van der Waals surface area contributed by atoms with Gasteiger partial charge in [0.05, 0.1) is 12.2 Å². The molecule has 0 aromatic carbocycles. The maximum atomic E-state index is 12.8. The first-order chi connectivity index (χ1) is 11.7. The molecule has 1 aliphatic heterocycles. The molecule has 1 saturated heterocycles. The molecule has 0 spiro atoms. The van der Waals surface area contributed by atoms with Crippen LogP contribution in [0.1, 0.15) is 41.5 Å². The summed E-state index contributed by atoms with van der Waals surface area (Å²) in [5.41, 5.74) is 0.859. The molecule has 0 bridgehead atoms. The quantitative estimate of drug-likeness (QED) is 0.763. The zero-order valence-electron chi connectivity index (χ0n) is 12.9. The van der Waals surface area contributed by atoms with E-state index in [4.69, 9.17) is 0 Å². The predicted octanol–water partition coefficient (Wildman–Crippen LogP) is 1.18. The van der Waals surface area contributed by atoms with E-state index < -0.39 is 0 Å². The van der Waals surface area contributed by atoms with Gasteiger partial charge in [-0.15, -0.1) is 0 Å². The molecule has 1 atom stereocenters. The van der Waals surface area contributed by atoms with Crippen LogP contribution in [0, 0.1) is 0 Å². The minimum atomic E-state index is -0.192. The zero-order chi connectivity index (χ0) is 16.5. The number of fused-ring (bicyclic) bond motifs is 1. The minimum Gasteiger partial charge on any atom is -0.329 e. The Morgan fingerprint density at radius 2 is 2.12 bits per heavy atom. The van der Waals surface area contributed by atoms with Crippen molar-refractivity contribution in [3.8, 4) is 0 Å². The molecule has 3 aromatic rings. The van der Waals surface area contributed by atoms with E-state index in [1.165, 1.54) is 23.0 Å². The zero-order valence-corrected chi connectivity index (χ0v) is 12.9. The molecule has 0 unspecified atom stereocenters. The van der Waals surface area contributed by atoms with Crippen LogP contribution in [0.3, 0.4) is 0 Å². The summed E-state index contributed by atoms with van der Waals surface area (Å²) in [5.74, 6) is 0.312. The number of aromatic nitrogens is 5. The Bertz CT molecular complexity index is 932. The maximum absolute atomic E-state index is 12.8. The van der Waals surface area contributed by atoms with Crippen molar-refractivity contribution in [3.63, 3.8) is 0 Å². The van der Waals surface area contributed by atoms with Crippen molar-refractivity contribution in [1.29, 1.82) is 0 Å². The van der Waals surface area contributed by atoms with Crippen LogP contribution in [-0.4, -0.2) is 41.7 Å². The number of amides is 1. The third-order valence-electron chi connectivity index (χ3n) is 4.32. The number of aromatic amines is 1. The van der Waals surface area contributed by atoms with Crippen LogP contribution >= 0.6 is 0 Å². The van der Waals surface area contributed by atoms with Crippen LogP contribution in [0.2, 0.25) is 0 Å². The molecule has 24 heavy (non-hydrogen) atoms. The Morgan fingerprint density at radius 1 is 1.21 bits per heavy atom. The normalized spacial score (nSPS) is 18.0. The van der Waals surface area contributed by atoms with Gasteiger partial charge >= 0.3 is 0 Å². The van der Waals surface area contributed by atoms with Gasteiger partial charge in [0, 0.05) is 43.1 Å². The number of carbonyl (C=O) groups is 1. The SMILES string of the molecule is O=C(c1cnccn1)N1CCCC[C@H]1c1cc(=O)n2ccnc2[nH]1. The van der Waals surface area contributed by atoms with Gasteiger partial charge < -0.3 is 9.88 Å². The fourth-order valence-corrected chi connectivity index (χ4v) is 3.18. The predicted molar refractivity (Wildman–Crippen MR) is 85.5 cm³/mol. The molecule has 8 nitrogen and oxygen atoms in total. The molecule has 1 amide bonds. The molecule has 0 aliphatic carbocycles. The van der Waals surface area contributed by atoms with Crippen LogP contribution in [0.4, 0.5) is 0 Å². The second-order valence-electron chi connectivity index (χ2n) is 5.78. The first-order valence-electron chi connectivity index (χ1n) is 7.87. The third kappa shape index (κ3) is 2.45. The molecule has 1 aliphatic rings. The summed E-state index contributed by atoms with van der Waals surface area (Å²) in [6.07, 6.45) is 10.4. The number of piperidine rings is 1. The molecule has 8 heteroatoms. The number of hydrogen-bond acceptors (Lipinski definition) is 5. The average molecular weight is 324 g/mol. The summed E-state index contributed by atoms with van der Waals surface area (Å²) in [7, 11) is 0. The summed E-state index contributed by atoms with van der Waals surface area (Å²) in [5, 5.41) is 0. The van der Waals surface area contributed by atoms with E-state index in [0.717, 1.165) is 19.3 Å². The van der Waals surface area contributed by atoms with Crippen molar-refractivity contribution < 1.29 is 4.79 Å². The smallest absolute Gasteiger partial charge is 0.274 e. The molecule has 3 aromatic heterocycles. The van der Waals surface area contributed by atoms with Gasteiger partial charge in [0.15, 0.2) is 0 Å². The van der Waals surface area contributed by atoms with E-state index in [1.807, 2.05) is 0 Å². The molecule has 1 fully saturated rings. The van der Waals surface area contributed by atoms with Crippen molar-refractivity contribution in [1.82, 2.24) is 29.2 Å². The number of rotatable bonds is 2. The second-order valence-corrected chi connectivity index (χ2v) is 5.78. The van der Waals surface area contributed by atoms with E-state index in [-0.39, 0.29) is 17.5 Å². The highest BCUT2D eigenvalue weighted by molar-refractivity contribution is 5.92. The van der Waals surface area contributed by atoms with Crippen LogP contribution < -0.4 is 5.56 Å². The number of imidazole rings is 1. The topological polar surface area (TPSA) is 96.2 Å². The van der Waals surface area contributed by atoms with E-state index >= 15 is 0 Å².